The maximum Gasteiger partial charge on any atom is 0.0786 e. The van der Waals surface area contributed by atoms with Gasteiger partial charge in [0.15, 0.2) is 0 Å². The second-order valence-corrected chi connectivity index (χ2v) is 5.04. The van der Waals surface area contributed by atoms with Crippen LogP contribution in [0.5, 0.6) is 0 Å². The van der Waals surface area contributed by atoms with E-state index in [1.807, 2.05) is 0 Å². The molecule has 0 N–H and O–H groups in total. The summed E-state index contributed by atoms with van der Waals surface area (Å²) < 4.78 is 1.35. The monoisotopic (exact) mass is 234 g/mol. The highest BCUT2D eigenvalue weighted by atomic mass is 79.9. The minimum Gasteiger partial charge on any atom is -0.326 e. The summed E-state index contributed by atoms with van der Waals surface area (Å²) in [7, 11) is 2.42. The van der Waals surface area contributed by atoms with Crippen LogP contribution in [0.25, 0.3) is 0 Å². The fourth-order valence-corrected chi connectivity index (χ4v) is 2.48. The number of hydrogen-bond donors (Lipinski definition) is 0. The van der Waals surface area contributed by atoms with E-state index in [4.69, 9.17) is 0 Å². The summed E-state index contributed by atoms with van der Waals surface area (Å²) in [5, 5.41) is 1.18. The van der Waals surface area contributed by atoms with E-state index in [9.17, 15) is 0 Å². The van der Waals surface area contributed by atoms with Crippen LogP contribution < -0.4 is 0 Å². The maximum atomic E-state index is 3.47. The molecule has 0 aliphatic carbocycles. The third-order valence-electron chi connectivity index (χ3n) is 2.98. The van der Waals surface area contributed by atoms with Crippen molar-refractivity contribution in [1.82, 2.24) is 0 Å². The lowest BCUT2D eigenvalue weighted by atomic mass is 10.2. The molecule has 1 heterocycles. The van der Waals surface area contributed by atoms with Crippen molar-refractivity contribution in [2.75, 3.05) is 32.0 Å². The van der Waals surface area contributed by atoms with Crippen LogP contribution >= 0.6 is 15.9 Å². The quantitative estimate of drug-likeness (QED) is 0.390. The molecule has 0 aromatic heterocycles. The summed E-state index contributed by atoms with van der Waals surface area (Å²) in [5.41, 5.74) is 0. The number of likely N-dealkylation sites (tertiary alicyclic amines) is 1. The third kappa shape index (κ3) is 3.44. The van der Waals surface area contributed by atoms with Gasteiger partial charge in [0.05, 0.1) is 26.7 Å². The Balaban J connectivity index is 2.05. The lowest BCUT2D eigenvalue weighted by molar-refractivity contribution is -0.897. The fourth-order valence-electron chi connectivity index (χ4n) is 2.09. The van der Waals surface area contributed by atoms with Crippen molar-refractivity contribution in [3.63, 3.8) is 0 Å². The van der Waals surface area contributed by atoms with Gasteiger partial charge in [0.25, 0.3) is 0 Å². The largest absolute Gasteiger partial charge is 0.326 e. The molecule has 2 heteroatoms. The summed E-state index contributed by atoms with van der Waals surface area (Å²) in [6.07, 6.45) is 7.07. The van der Waals surface area contributed by atoms with E-state index in [1.54, 1.807) is 0 Å². The molecule has 12 heavy (non-hydrogen) atoms. The first kappa shape index (κ1) is 10.5. The molecule has 0 unspecified atom stereocenters. The van der Waals surface area contributed by atoms with Gasteiger partial charge in [-0.15, -0.1) is 0 Å². The molecule has 0 bridgehead atoms. The smallest absolute Gasteiger partial charge is 0.0786 e. The van der Waals surface area contributed by atoms with Crippen molar-refractivity contribution < 1.29 is 4.48 Å². The van der Waals surface area contributed by atoms with Gasteiger partial charge in [-0.05, 0) is 19.3 Å². The predicted molar refractivity (Wildman–Crippen MR) is 57.7 cm³/mol. The highest BCUT2D eigenvalue weighted by Gasteiger charge is 2.25. The Morgan fingerprint density at radius 2 is 1.75 bits per heavy atom. The number of nitrogens with zero attached hydrogens (tertiary/aromatic N) is 1. The van der Waals surface area contributed by atoms with E-state index < -0.39 is 0 Å². The highest BCUT2D eigenvalue weighted by molar-refractivity contribution is 9.09. The number of hydrogen-bond acceptors (Lipinski definition) is 0. The Bertz CT molecular complexity index is 119. The van der Waals surface area contributed by atoms with Gasteiger partial charge in [0.1, 0.15) is 0 Å². The van der Waals surface area contributed by atoms with Crippen LogP contribution in [0.2, 0.25) is 0 Å². The Kier molecular flexibility index (Phi) is 4.59. The van der Waals surface area contributed by atoms with Crippen molar-refractivity contribution in [3.8, 4) is 0 Å². The normalized spacial score (nSPS) is 21.5. The highest BCUT2D eigenvalue weighted by Crippen LogP contribution is 2.17. The van der Waals surface area contributed by atoms with Gasteiger partial charge in [-0.2, -0.15) is 0 Å². The van der Waals surface area contributed by atoms with E-state index in [-0.39, 0.29) is 0 Å². The summed E-state index contributed by atoms with van der Waals surface area (Å²) in [5.74, 6) is 0. The van der Waals surface area contributed by atoms with Crippen molar-refractivity contribution in [2.24, 2.45) is 0 Å². The topological polar surface area (TPSA) is 0 Å². The van der Waals surface area contributed by atoms with Gasteiger partial charge in [0.2, 0.25) is 0 Å². The van der Waals surface area contributed by atoms with E-state index in [0.29, 0.717) is 0 Å². The molecule has 1 aliphatic rings. The molecule has 1 aliphatic heterocycles. The SMILES string of the molecule is C[N+]1(CCCCCBr)CCCC1. The van der Waals surface area contributed by atoms with Crippen LogP contribution in [0, 0.1) is 0 Å². The number of alkyl halides is 1. The number of unbranched alkanes of at least 4 members (excludes halogenated alkanes) is 2. The van der Waals surface area contributed by atoms with Gasteiger partial charge in [-0.25, -0.2) is 0 Å². The summed E-state index contributed by atoms with van der Waals surface area (Å²) in [6.45, 7) is 4.26. The average Bonchev–Trinajstić information content (AvgIpc) is 2.47. The molecule has 1 rings (SSSR count). The van der Waals surface area contributed by atoms with Crippen LogP contribution in [0.15, 0.2) is 0 Å². The lowest BCUT2D eigenvalue weighted by Crippen LogP contribution is -2.41. The molecule has 0 spiro atoms. The van der Waals surface area contributed by atoms with Crippen LogP contribution in [0.3, 0.4) is 0 Å². The minimum atomic E-state index is 1.18. The second kappa shape index (κ2) is 5.23. The maximum absolute atomic E-state index is 3.47. The first-order valence-electron chi connectivity index (χ1n) is 5.16. The zero-order valence-electron chi connectivity index (χ0n) is 8.19. The predicted octanol–water partition coefficient (Wildman–Crippen LogP) is 2.79. The molecule has 0 amide bonds. The number of quaternary nitrogens is 1. The Hall–Kier alpha value is 0.440. The molecule has 0 aromatic carbocycles. The molecular weight excluding hydrogens is 214 g/mol. The zero-order valence-corrected chi connectivity index (χ0v) is 9.78. The summed E-state index contributed by atoms with van der Waals surface area (Å²) >= 11 is 3.47. The van der Waals surface area contributed by atoms with Crippen LogP contribution in [-0.4, -0.2) is 36.5 Å². The van der Waals surface area contributed by atoms with Crippen LogP contribution in [0.4, 0.5) is 0 Å². The molecular formula is C10H21BrN+. The van der Waals surface area contributed by atoms with E-state index in [1.165, 1.54) is 61.6 Å². The van der Waals surface area contributed by atoms with E-state index >= 15 is 0 Å². The van der Waals surface area contributed by atoms with Crippen LogP contribution in [-0.2, 0) is 0 Å². The molecule has 0 saturated carbocycles. The molecule has 0 atom stereocenters. The summed E-state index contributed by atoms with van der Waals surface area (Å²) in [6, 6.07) is 0. The van der Waals surface area contributed by atoms with Crippen molar-refractivity contribution in [1.29, 1.82) is 0 Å². The van der Waals surface area contributed by atoms with Crippen LogP contribution in [0.1, 0.15) is 32.1 Å². The fraction of sp³-hybridized carbons (Fsp3) is 1.00. The minimum absolute atomic E-state index is 1.18. The van der Waals surface area contributed by atoms with Crippen molar-refractivity contribution in [2.45, 2.75) is 32.1 Å². The van der Waals surface area contributed by atoms with Gasteiger partial charge in [-0.3, -0.25) is 0 Å². The molecule has 0 aromatic rings. The van der Waals surface area contributed by atoms with Gasteiger partial charge < -0.3 is 4.48 Å². The second-order valence-electron chi connectivity index (χ2n) is 4.25. The third-order valence-corrected chi connectivity index (χ3v) is 3.54. The molecule has 1 nitrogen and oxygen atoms in total. The van der Waals surface area contributed by atoms with E-state index in [2.05, 4.69) is 23.0 Å². The van der Waals surface area contributed by atoms with Crippen molar-refractivity contribution >= 4 is 15.9 Å². The van der Waals surface area contributed by atoms with Gasteiger partial charge >= 0.3 is 0 Å². The number of halogens is 1. The lowest BCUT2D eigenvalue weighted by Gasteiger charge is -2.29. The Labute approximate surface area is 84.9 Å². The first-order chi connectivity index (χ1) is 5.77. The molecule has 1 saturated heterocycles. The molecule has 1 fully saturated rings. The zero-order chi connectivity index (χ0) is 8.86. The van der Waals surface area contributed by atoms with Gasteiger partial charge in [0, 0.05) is 18.2 Å². The standard InChI is InChI=1S/C10H21BrN/c1-12(9-5-6-10-12)8-4-2-3-7-11/h2-10H2,1H3/q+1. The van der Waals surface area contributed by atoms with Gasteiger partial charge in [-0.1, -0.05) is 15.9 Å². The number of rotatable bonds is 5. The molecule has 72 valence electrons. The first-order valence-corrected chi connectivity index (χ1v) is 6.28. The molecule has 0 radical (unpaired) electrons. The summed E-state index contributed by atoms with van der Waals surface area (Å²) in [4.78, 5) is 0. The Morgan fingerprint density at radius 3 is 2.33 bits per heavy atom. The van der Waals surface area contributed by atoms with E-state index in [0.717, 1.165) is 0 Å². The Morgan fingerprint density at radius 1 is 1.08 bits per heavy atom. The average molecular weight is 235 g/mol. The van der Waals surface area contributed by atoms with Crippen molar-refractivity contribution in [3.05, 3.63) is 0 Å².